The molecule has 0 bridgehead atoms. The van der Waals surface area contributed by atoms with E-state index in [1.54, 1.807) is 6.20 Å². The van der Waals surface area contributed by atoms with E-state index in [0.717, 1.165) is 35.7 Å². The van der Waals surface area contributed by atoms with Crippen LogP contribution in [0.3, 0.4) is 0 Å². The zero-order chi connectivity index (χ0) is 20.1. The minimum absolute atomic E-state index is 0.187. The third-order valence-corrected chi connectivity index (χ3v) is 5.06. The highest BCUT2D eigenvalue weighted by Gasteiger charge is 2.18. The number of aromatic amines is 1. The van der Waals surface area contributed by atoms with E-state index in [2.05, 4.69) is 20.3 Å². The summed E-state index contributed by atoms with van der Waals surface area (Å²) in [6.07, 6.45) is 6.80. The number of hydrogen-bond acceptors (Lipinski definition) is 6. The van der Waals surface area contributed by atoms with Gasteiger partial charge in [-0.3, -0.25) is 9.78 Å². The number of pyridine rings is 1. The molecule has 1 saturated heterocycles. The number of ether oxygens (including phenoxy) is 1. The van der Waals surface area contributed by atoms with Crippen molar-refractivity contribution in [3.05, 3.63) is 76.1 Å². The van der Waals surface area contributed by atoms with Crippen molar-refractivity contribution in [2.24, 2.45) is 0 Å². The second-order valence-corrected chi connectivity index (χ2v) is 7.03. The summed E-state index contributed by atoms with van der Waals surface area (Å²) in [5.41, 5.74) is 3.06. The van der Waals surface area contributed by atoms with Crippen molar-refractivity contribution in [2.45, 2.75) is 25.3 Å². The molecule has 1 aromatic carbocycles. The first-order valence-corrected chi connectivity index (χ1v) is 9.71. The SMILES string of the molecule is N=Cc1c(NC2CCOCC2)nc(Cc2ccccc2-c2cccnc2)[nH]c1=O. The molecule has 3 heterocycles. The van der Waals surface area contributed by atoms with E-state index in [1.165, 1.54) is 0 Å². The molecule has 1 fully saturated rings. The summed E-state index contributed by atoms with van der Waals surface area (Å²) in [6, 6.07) is 12.1. The Morgan fingerprint density at radius 2 is 2.03 bits per heavy atom. The molecular weight excluding hydrogens is 366 g/mol. The number of benzene rings is 1. The lowest BCUT2D eigenvalue weighted by molar-refractivity contribution is 0.0904. The molecule has 7 nitrogen and oxygen atoms in total. The zero-order valence-corrected chi connectivity index (χ0v) is 16.0. The molecule has 0 atom stereocenters. The molecule has 4 rings (SSSR count). The number of hydrogen-bond donors (Lipinski definition) is 3. The van der Waals surface area contributed by atoms with Crippen molar-refractivity contribution in [1.29, 1.82) is 5.41 Å². The Morgan fingerprint density at radius 3 is 2.79 bits per heavy atom. The Bertz CT molecular complexity index is 1040. The number of H-pyrrole nitrogens is 1. The standard InChI is InChI=1S/C22H23N5O2/c23-13-19-21(25-17-7-10-29-11-8-17)26-20(27-22(19)28)12-15-4-1-2-6-18(15)16-5-3-9-24-14-16/h1-6,9,13-14,17,23H,7-8,10-12H2,(H2,25,26,27,28). The fourth-order valence-corrected chi connectivity index (χ4v) is 3.55. The van der Waals surface area contributed by atoms with Crippen molar-refractivity contribution in [2.75, 3.05) is 18.5 Å². The van der Waals surface area contributed by atoms with Gasteiger partial charge in [0.2, 0.25) is 0 Å². The van der Waals surface area contributed by atoms with Gasteiger partial charge in [-0.15, -0.1) is 0 Å². The summed E-state index contributed by atoms with van der Waals surface area (Å²) < 4.78 is 5.40. The third-order valence-electron chi connectivity index (χ3n) is 5.06. The molecule has 29 heavy (non-hydrogen) atoms. The van der Waals surface area contributed by atoms with Crippen LogP contribution < -0.4 is 10.9 Å². The first kappa shape index (κ1) is 19.0. The Hall–Kier alpha value is -3.32. The molecule has 2 aromatic heterocycles. The van der Waals surface area contributed by atoms with E-state index in [9.17, 15) is 4.79 Å². The van der Waals surface area contributed by atoms with Crippen LogP contribution in [0.2, 0.25) is 0 Å². The first-order chi connectivity index (χ1) is 14.2. The summed E-state index contributed by atoms with van der Waals surface area (Å²) in [6.45, 7) is 1.37. The zero-order valence-electron chi connectivity index (χ0n) is 16.0. The van der Waals surface area contributed by atoms with Crippen molar-refractivity contribution >= 4 is 12.0 Å². The van der Waals surface area contributed by atoms with Gasteiger partial charge in [-0.2, -0.15) is 0 Å². The van der Waals surface area contributed by atoms with Gasteiger partial charge in [0.25, 0.3) is 5.56 Å². The maximum absolute atomic E-state index is 12.6. The maximum atomic E-state index is 12.6. The average Bonchev–Trinajstić information content (AvgIpc) is 2.75. The molecule has 1 aliphatic rings. The fourth-order valence-electron chi connectivity index (χ4n) is 3.55. The molecule has 0 spiro atoms. The molecule has 7 heteroatoms. The van der Waals surface area contributed by atoms with Crippen LogP contribution in [0.1, 0.15) is 29.8 Å². The lowest BCUT2D eigenvalue weighted by Crippen LogP contribution is -2.30. The number of anilines is 1. The van der Waals surface area contributed by atoms with Gasteiger partial charge in [0.15, 0.2) is 0 Å². The quantitative estimate of drug-likeness (QED) is 0.562. The van der Waals surface area contributed by atoms with E-state index in [4.69, 9.17) is 10.1 Å². The number of rotatable bonds is 6. The average molecular weight is 389 g/mol. The van der Waals surface area contributed by atoms with Gasteiger partial charge < -0.3 is 20.4 Å². The minimum Gasteiger partial charge on any atom is -0.381 e. The summed E-state index contributed by atoms with van der Waals surface area (Å²) in [7, 11) is 0. The lowest BCUT2D eigenvalue weighted by Gasteiger charge is -2.24. The number of nitrogens with one attached hydrogen (secondary N) is 3. The molecule has 148 valence electrons. The van der Waals surface area contributed by atoms with Crippen LogP contribution in [-0.2, 0) is 11.2 Å². The van der Waals surface area contributed by atoms with Crippen molar-refractivity contribution in [3.8, 4) is 11.1 Å². The molecule has 0 radical (unpaired) electrons. The molecule has 0 aliphatic carbocycles. The van der Waals surface area contributed by atoms with Gasteiger partial charge in [-0.25, -0.2) is 4.98 Å². The maximum Gasteiger partial charge on any atom is 0.261 e. The molecule has 0 saturated carbocycles. The predicted octanol–water partition coefficient (Wildman–Crippen LogP) is 3.01. The Kier molecular flexibility index (Phi) is 5.76. The van der Waals surface area contributed by atoms with Crippen LogP contribution in [0, 0.1) is 5.41 Å². The van der Waals surface area contributed by atoms with Gasteiger partial charge in [0, 0.05) is 49.8 Å². The Labute approximate surface area is 168 Å². The van der Waals surface area contributed by atoms with Gasteiger partial charge in [0.1, 0.15) is 11.6 Å². The van der Waals surface area contributed by atoms with Crippen molar-refractivity contribution in [3.63, 3.8) is 0 Å². The number of aromatic nitrogens is 3. The molecule has 1 aliphatic heterocycles. The highest BCUT2D eigenvalue weighted by molar-refractivity contribution is 5.83. The van der Waals surface area contributed by atoms with Crippen LogP contribution in [-0.4, -0.2) is 40.4 Å². The Morgan fingerprint density at radius 1 is 1.21 bits per heavy atom. The van der Waals surface area contributed by atoms with E-state index in [0.29, 0.717) is 31.3 Å². The largest absolute Gasteiger partial charge is 0.381 e. The van der Waals surface area contributed by atoms with Crippen molar-refractivity contribution in [1.82, 2.24) is 15.0 Å². The fraction of sp³-hybridized carbons (Fsp3) is 0.273. The normalized spacial score (nSPS) is 14.5. The monoisotopic (exact) mass is 389 g/mol. The summed E-state index contributed by atoms with van der Waals surface area (Å²) >= 11 is 0. The minimum atomic E-state index is -0.307. The van der Waals surface area contributed by atoms with Crippen LogP contribution in [0.25, 0.3) is 11.1 Å². The van der Waals surface area contributed by atoms with E-state index >= 15 is 0 Å². The van der Waals surface area contributed by atoms with Crippen LogP contribution in [0.5, 0.6) is 0 Å². The summed E-state index contributed by atoms with van der Waals surface area (Å²) in [5.74, 6) is 1.02. The smallest absolute Gasteiger partial charge is 0.261 e. The van der Waals surface area contributed by atoms with Gasteiger partial charge >= 0.3 is 0 Å². The predicted molar refractivity (Wildman–Crippen MR) is 113 cm³/mol. The highest BCUT2D eigenvalue weighted by atomic mass is 16.5. The number of nitrogens with zero attached hydrogens (tertiary/aromatic N) is 2. The topological polar surface area (TPSA) is 104 Å². The first-order valence-electron chi connectivity index (χ1n) is 9.71. The molecule has 0 amide bonds. The van der Waals surface area contributed by atoms with Crippen LogP contribution in [0.4, 0.5) is 5.82 Å². The second-order valence-electron chi connectivity index (χ2n) is 7.03. The third kappa shape index (κ3) is 4.41. The molecule has 0 unspecified atom stereocenters. The lowest BCUT2D eigenvalue weighted by atomic mass is 9.99. The van der Waals surface area contributed by atoms with Gasteiger partial charge in [-0.1, -0.05) is 30.3 Å². The summed E-state index contributed by atoms with van der Waals surface area (Å²) in [4.78, 5) is 24.3. The molecular formula is C22H23N5O2. The van der Waals surface area contributed by atoms with E-state index in [-0.39, 0.29) is 17.2 Å². The molecule has 3 N–H and O–H groups in total. The van der Waals surface area contributed by atoms with Crippen LogP contribution >= 0.6 is 0 Å². The Balaban J connectivity index is 1.66. The molecule has 3 aromatic rings. The van der Waals surface area contributed by atoms with Crippen molar-refractivity contribution < 1.29 is 4.74 Å². The highest BCUT2D eigenvalue weighted by Crippen LogP contribution is 2.24. The summed E-state index contributed by atoms with van der Waals surface area (Å²) in [5, 5.41) is 11.0. The van der Waals surface area contributed by atoms with Gasteiger partial charge in [0.05, 0.1) is 5.56 Å². The van der Waals surface area contributed by atoms with E-state index in [1.807, 2.05) is 42.6 Å². The van der Waals surface area contributed by atoms with E-state index < -0.39 is 0 Å². The van der Waals surface area contributed by atoms with Gasteiger partial charge in [-0.05, 0) is 30.0 Å². The second kappa shape index (κ2) is 8.79. The van der Waals surface area contributed by atoms with Crippen LogP contribution in [0.15, 0.2) is 53.6 Å².